The van der Waals surface area contributed by atoms with Gasteiger partial charge in [-0.25, -0.2) is 0 Å². The fourth-order valence-electron chi connectivity index (χ4n) is 2.50. The van der Waals surface area contributed by atoms with Gasteiger partial charge in [0.25, 0.3) is 0 Å². The van der Waals surface area contributed by atoms with E-state index in [1.807, 2.05) is 0 Å². The Bertz CT molecular complexity index is 355. The van der Waals surface area contributed by atoms with Gasteiger partial charge < -0.3 is 10.5 Å². The van der Waals surface area contributed by atoms with Crippen LogP contribution in [0.25, 0.3) is 0 Å². The van der Waals surface area contributed by atoms with Crippen LogP contribution < -0.4 is 5.73 Å². The maximum absolute atomic E-state index is 6.46. The zero-order valence-corrected chi connectivity index (χ0v) is 11.9. The van der Waals surface area contributed by atoms with E-state index in [1.54, 1.807) is 0 Å². The van der Waals surface area contributed by atoms with Crippen LogP contribution >= 0.6 is 15.9 Å². The molecular formula is C14H20BrNO. The first kappa shape index (κ1) is 13.1. The van der Waals surface area contributed by atoms with Crippen molar-refractivity contribution in [2.75, 3.05) is 13.2 Å². The molecule has 1 unspecified atom stereocenters. The first-order chi connectivity index (χ1) is 8.08. The Kier molecular flexibility index (Phi) is 4.23. The minimum absolute atomic E-state index is 0.233. The summed E-state index contributed by atoms with van der Waals surface area (Å²) in [6.45, 7) is 3.91. The predicted molar refractivity (Wildman–Crippen MR) is 73.8 cm³/mol. The summed E-state index contributed by atoms with van der Waals surface area (Å²) < 4.78 is 6.49. The van der Waals surface area contributed by atoms with Crippen LogP contribution in [-0.4, -0.2) is 13.2 Å². The van der Waals surface area contributed by atoms with E-state index in [9.17, 15) is 0 Å². The number of benzene rings is 1. The van der Waals surface area contributed by atoms with Gasteiger partial charge in [0.05, 0.1) is 0 Å². The molecule has 0 radical (unpaired) electrons. The van der Waals surface area contributed by atoms with Crippen molar-refractivity contribution in [1.29, 1.82) is 0 Å². The average Bonchev–Trinajstić information content (AvgIpc) is 2.30. The third-order valence-electron chi connectivity index (χ3n) is 3.56. The SMILES string of the molecule is CC(N)(CC1CCOCC1)c1ccc(Br)cc1. The topological polar surface area (TPSA) is 35.2 Å². The fraction of sp³-hybridized carbons (Fsp3) is 0.571. The highest BCUT2D eigenvalue weighted by Crippen LogP contribution is 2.31. The van der Waals surface area contributed by atoms with Crippen LogP contribution in [0.3, 0.4) is 0 Å². The Morgan fingerprint density at radius 2 is 1.88 bits per heavy atom. The minimum atomic E-state index is -0.233. The summed E-state index contributed by atoms with van der Waals surface area (Å²) in [6.07, 6.45) is 3.32. The molecule has 0 saturated carbocycles. The molecular weight excluding hydrogens is 278 g/mol. The van der Waals surface area contributed by atoms with Crippen molar-refractivity contribution < 1.29 is 4.74 Å². The molecule has 2 N–H and O–H groups in total. The third kappa shape index (κ3) is 3.54. The zero-order chi connectivity index (χ0) is 12.3. The van der Waals surface area contributed by atoms with Gasteiger partial charge >= 0.3 is 0 Å². The van der Waals surface area contributed by atoms with E-state index in [-0.39, 0.29) is 5.54 Å². The number of halogens is 1. The van der Waals surface area contributed by atoms with Gasteiger partial charge in [-0.05, 0) is 49.8 Å². The molecule has 1 fully saturated rings. The second-order valence-corrected chi connectivity index (χ2v) is 6.10. The van der Waals surface area contributed by atoms with Gasteiger partial charge in [-0.2, -0.15) is 0 Å². The summed E-state index contributed by atoms with van der Waals surface area (Å²) >= 11 is 3.45. The Morgan fingerprint density at radius 3 is 2.47 bits per heavy atom. The second-order valence-electron chi connectivity index (χ2n) is 5.18. The highest BCUT2D eigenvalue weighted by Gasteiger charge is 2.26. The molecule has 1 aromatic carbocycles. The molecule has 0 amide bonds. The lowest BCUT2D eigenvalue weighted by Crippen LogP contribution is -2.36. The molecule has 0 bridgehead atoms. The molecule has 17 heavy (non-hydrogen) atoms. The standard InChI is InChI=1S/C14H20BrNO/c1-14(16,10-11-6-8-17-9-7-11)12-2-4-13(15)5-3-12/h2-5,11H,6-10,16H2,1H3. The smallest absolute Gasteiger partial charge is 0.0468 e. The van der Waals surface area contributed by atoms with Crippen molar-refractivity contribution in [2.45, 2.75) is 31.7 Å². The normalized spacial score (nSPS) is 21.1. The van der Waals surface area contributed by atoms with E-state index in [2.05, 4.69) is 47.1 Å². The number of hydrogen-bond donors (Lipinski definition) is 1. The largest absolute Gasteiger partial charge is 0.381 e. The Hall–Kier alpha value is -0.380. The summed E-state index contributed by atoms with van der Waals surface area (Å²) in [5, 5.41) is 0. The van der Waals surface area contributed by atoms with Gasteiger partial charge in [-0.15, -0.1) is 0 Å². The molecule has 1 aromatic rings. The summed E-state index contributed by atoms with van der Waals surface area (Å²) in [6, 6.07) is 8.35. The Labute approximate surface area is 112 Å². The van der Waals surface area contributed by atoms with Crippen LogP contribution in [-0.2, 0) is 10.3 Å². The summed E-state index contributed by atoms with van der Waals surface area (Å²) in [5.41, 5.74) is 7.44. The molecule has 1 heterocycles. The number of ether oxygens (including phenoxy) is 1. The van der Waals surface area contributed by atoms with Crippen LogP contribution in [0.5, 0.6) is 0 Å². The first-order valence-corrected chi connectivity index (χ1v) is 7.00. The van der Waals surface area contributed by atoms with Crippen molar-refractivity contribution in [3.63, 3.8) is 0 Å². The molecule has 0 aromatic heterocycles. The molecule has 0 aliphatic carbocycles. The quantitative estimate of drug-likeness (QED) is 0.927. The van der Waals surface area contributed by atoms with Crippen LogP contribution in [0.1, 0.15) is 31.7 Å². The van der Waals surface area contributed by atoms with Crippen molar-refractivity contribution >= 4 is 15.9 Å². The van der Waals surface area contributed by atoms with E-state index >= 15 is 0 Å². The molecule has 1 aliphatic heterocycles. The zero-order valence-electron chi connectivity index (χ0n) is 10.3. The predicted octanol–water partition coefficient (Wildman–Crippen LogP) is 3.44. The van der Waals surface area contributed by atoms with Crippen molar-refractivity contribution in [3.05, 3.63) is 34.3 Å². The lowest BCUT2D eigenvalue weighted by atomic mass is 9.81. The monoisotopic (exact) mass is 297 g/mol. The molecule has 0 spiro atoms. The van der Waals surface area contributed by atoms with Gasteiger partial charge in [-0.3, -0.25) is 0 Å². The van der Waals surface area contributed by atoms with Gasteiger partial charge in [-0.1, -0.05) is 28.1 Å². The molecule has 94 valence electrons. The molecule has 2 nitrogen and oxygen atoms in total. The van der Waals surface area contributed by atoms with E-state index in [0.29, 0.717) is 5.92 Å². The van der Waals surface area contributed by atoms with Gasteiger partial charge in [0.15, 0.2) is 0 Å². The van der Waals surface area contributed by atoms with Crippen molar-refractivity contribution in [1.82, 2.24) is 0 Å². The Balaban J connectivity index is 2.04. The van der Waals surface area contributed by atoms with E-state index in [4.69, 9.17) is 10.5 Å². The maximum atomic E-state index is 6.46. The highest BCUT2D eigenvalue weighted by molar-refractivity contribution is 9.10. The molecule has 2 rings (SSSR count). The summed E-state index contributed by atoms with van der Waals surface area (Å²) in [5.74, 6) is 0.697. The van der Waals surface area contributed by atoms with E-state index < -0.39 is 0 Å². The highest BCUT2D eigenvalue weighted by atomic mass is 79.9. The van der Waals surface area contributed by atoms with Crippen LogP contribution in [0.15, 0.2) is 28.7 Å². The fourth-order valence-corrected chi connectivity index (χ4v) is 2.76. The maximum Gasteiger partial charge on any atom is 0.0468 e. The average molecular weight is 298 g/mol. The molecule has 1 atom stereocenters. The van der Waals surface area contributed by atoms with E-state index in [1.165, 1.54) is 5.56 Å². The summed E-state index contributed by atoms with van der Waals surface area (Å²) in [4.78, 5) is 0. The third-order valence-corrected chi connectivity index (χ3v) is 4.09. The number of rotatable bonds is 3. The van der Waals surface area contributed by atoms with E-state index in [0.717, 1.165) is 36.9 Å². The lowest BCUT2D eigenvalue weighted by Gasteiger charge is -2.32. The Morgan fingerprint density at radius 1 is 1.29 bits per heavy atom. The molecule has 1 saturated heterocycles. The lowest BCUT2D eigenvalue weighted by molar-refractivity contribution is 0.0570. The number of hydrogen-bond acceptors (Lipinski definition) is 2. The van der Waals surface area contributed by atoms with Crippen LogP contribution in [0.4, 0.5) is 0 Å². The van der Waals surface area contributed by atoms with Crippen molar-refractivity contribution in [3.8, 4) is 0 Å². The van der Waals surface area contributed by atoms with Gasteiger partial charge in [0, 0.05) is 23.2 Å². The minimum Gasteiger partial charge on any atom is -0.381 e. The molecule has 1 aliphatic rings. The second kappa shape index (κ2) is 5.51. The van der Waals surface area contributed by atoms with Crippen LogP contribution in [0.2, 0.25) is 0 Å². The molecule has 3 heteroatoms. The van der Waals surface area contributed by atoms with Gasteiger partial charge in [0.1, 0.15) is 0 Å². The van der Waals surface area contributed by atoms with Crippen LogP contribution in [0, 0.1) is 5.92 Å². The summed E-state index contributed by atoms with van der Waals surface area (Å²) in [7, 11) is 0. The van der Waals surface area contributed by atoms with Gasteiger partial charge in [0.2, 0.25) is 0 Å². The van der Waals surface area contributed by atoms with Crippen molar-refractivity contribution in [2.24, 2.45) is 11.7 Å². The first-order valence-electron chi connectivity index (χ1n) is 6.20. The number of nitrogens with two attached hydrogens (primary N) is 1.